The first-order valence-electron chi connectivity index (χ1n) is 15.3. The van der Waals surface area contributed by atoms with Crippen LogP contribution in [0, 0.1) is 5.92 Å². The van der Waals surface area contributed by atoms with Gasteiger partial charge >= 0.3 is 12.4 Å². The Morgan fingerprint density at radius 1 is 0.604 bits per heavy atom. The Labute approximate surface area is 270 Å². The Hall–Kier alpha value is -5.38. The van der Waals surface area contributed by atoms with Crippen LogP contribution >= 0.6 is 0 Å². The Morgan fingerprint density at radius 2 is 1.12 bits per heavy atom. The van der Waals surface area contributed by atoms with E-state index < -0.39 is 40.9 Å². The van der Waals surface area contributed by atoms with Gasteiger partial charge in [-0.15, -0.1) is 0 Å². The summed E-state index contributed by atoms with van der Waals surface area (Å²) in [7, 11) is 0. The molecule has 240 valence electrons. The summed E-state index contributed by atoms with van der Waals surface area (Å²) < 4.78 is 95.1. The molecule has 0 saturated heterocycles. The van der Waals surface area contributed by atoms with Gasteiger partial charge in [-0.2, -0.15) is 26.3 Å². The van der Waals surface area contributed by atoms with Crippen LogP contribution in [0.4, 0.5) is 26.3 Å². The van der Waals surface area contributed by atoms with E-state index in [0.717, 1.165) is 67.9 Å². The molecule has 0 spiro atoms. The molecule has 1 aliphatic carbocycles. The van der Waals surface area contributed by atoms with Crippen molar-refractivity contribution in [3.05, 3.63) is 139 Å². The predicted molar refractivity (Wildman–Crippen MR) is 175 cm³/mol. The van der Waals surface area contributed by atoms with Gasteiger partial charge in [-0.05, 0) is 53.5 Å². The lowest BCUT2D eigenvalue weighted by atomic mass is 9.69. The molecule has 8 rings (SSSR count). The molecular weight excluding hydrogens is 626 g/mol. The van der Waals surface area contributed by atoms with Crippen molar-refractivity contribution < 1.29 is 26.3 Å². The molecule has 3 aromatic carbocycles. The minimum absolute atomic E-state index is 0.428. The number of fused-ring (bicyclic) bond motifs is 6. The van der Waals surface area contributed by atoms with E-state index in [0.29, 0.717) is 5.69 Å². The normalized spacial score (nSPS) is 17.5. The third-order valence-corrected chi connectivity index (χ3v) is 9.58. The SMILES string of the molecule is CC1C=C(C(c2ccc(-n3c4ccccc4c4cnccc43)cc2)(C(F)(F)F)C(F)(F)F)C=CC1n1c2ccccc2c2cnccc21. The average Bonchev–Trinajstić information content (AvgIpc) is 3.58. The van der Waals surface area contributed by atoms with E-state index in [9.17, 15) is 0 Å². The number of alkyl halides is 6. The highest BCUT2D eigenvalue weighted by Crippen LogP contribution is 2.58. The van der Waals surface area contributed by atoms with Crippen molar-refractivity contribution >= 4 is 43.6 Å². The average molecular weight is 653 g/mol. The number of para-hydroxylation sites is 2. The summed E-state index contributed by atoms with van der Waals surface area (Å²) in [4.78, 5) is 8.43. The zero-order valence-electron chi connectivity index (χ0n) is 25.3. The largest absolute Gasteiger partial charge is 0.411 e. The summed E-state index contributed by atoms with van der Waals surface area (Å²) in [6.45, 7) is 1.65. The van der Waals surface area contributed by atoms with Gasteiger partial charge in [0.05, 0.1) is 22.6 Å². The maximum absolute atomic E-state index is 15.2. The Bertz CT molecular complexity index is 2290. The molecule has 0 radical (unpaired) electrons. The van der Waals surface area contributed by atoms with Gasteiger partial charge in [-0.1, -0.05) is 73.7 Å². The van der Waals surface area contributed by atoms with Gasteiger partial charge in [0.25, 0.3) is 0 Å². The Morgan fingerprint density at radius 3 is 1.75 bits per heavy atom. The maximum Gasteiger partial charge on any atom is 0.411 e. The molecule has 7 aromatic rings. The first-order chi connectivity index (χ1) is 23.0. The molecule has 0 fully saturated rings. The number of benzene rings is 3. The zero-order valence-corrected chi connectivity index (χ0v) is 25.3. The van der Waals surface area contributed by atoms with Crippen LogP contribution in [0.25, 0.3) is 49.3 Å². The molecule has 48 heavy (non-hydrogen) atoms. The van der Waals surface area contributed by atoms with E-state index in [1.165, 1.54) is 18.2 Å². The second-order valence-corrected chi connectivity index (χ2v) is 12.1. The van der Waals surface area contributed by atoms with E-state index >= 15 is 26.3 Å². The standard InChI is InChI=1S/C38H26F6N4/c1-23-20-25(12-15-31(23)48-33-9-5-3-7-28(33)30-22-46-19-17-35(30)48)36(37(39,40)41,38(42,43)44)24-10-13-26(14-11-24)47-32-8-4-2-6-27(32)29-21-45-18-16-34(29)47/h2-23,31H,1H3. The van der Waals surface area contributed by atoms with E-state index in [4.69, 9.17) is 0 Å². The first-order valence-corrected chi connectivity index (χ1v) is 15.3. The molecule has 0 amide bonds. The fourth-order valence-electron chi connectivity index (χ4n) is 7.49. The highest BCUT2D eigenvalue weighted by molar-refractivity contribution is 6.09. The lowest BCUT2D eigenvalue weighted by molar-refractivity contribution is -0.289. The summed E-state index contributed by atoms with van der Waals surface area (Å²) in [5.41, 5.74) is -2.50. The van der Waals surface area contributed by atoms with E-state index in [2.05, 4.69) is 9.97 Å². The van der Waals surface area contributed by atoms with Crippen molar-refractivity contribution in [2.45, 2.75) is 30.7 Å². The van der Waals surface area contributed by atoms with Crippen LogP contribution in [0.3, 0.4) is 0 Å². The third kappa shape index (κ3) is 4.17. The summed E-state index contributed by atoms with van der Waals surface area (Å²) in [6.07, 6.45) is -1.20. The van der Waals surface area contributed by atoms with E-state index in [1.807, 2.05) is 57.7 Å². The van der Waals surface area contributed by atoms with Gasteiger partial charge in [-0.25, -0.2) is 0 Å². The van der Waals surface area contributed by atoms with Crippen LogP contribution in [0.1, 0.15) is 18.5 Å². The van der Waals surface area contributed by atoms with Crippen molar-refractivity contribution in [1.29, 1.82) is 0 Å². The van der Waals surface area contributed by atoms with Crippen LogP contribution in [-0.2, 0) is 5.41 Å². The van der Waals surface area contributed by atoms with Crippen molar-refractivity contribution in [3.8, 4) is 5.69 Å². The summed E-state index contributed by atoms with van der Waals surface area (Å²) >= 11 is 0. The topological polar surface area (TPSA) is 35.6 Å². The number of nitrogens with zero attached hydrogens (tertiary/aromatic N) is 4. The fraction of sp³-hybridized carbons (Fsp3) is 0.158. The molecule has 2 unspecified atom stereocenters. The molecule has 0 saturated carbocycles. The predicted octanol–water partition coefficient (Wildman–Crippen LogP) is 10.4. The van der Waals surface area contributed by atoms with Crippen molar-refractivity contribution in [3.63, 3.8) is 0 Å². The monoisotopic (exact) mass is 652 g/mol. The molecule has 2 atom stereocenters. The van der Waals surface area contributed by atoms with E-state index in [-0.39, 0.29) is 0 Å². The van der Waals surface area contributed by atoms with Crippen molar-refractivity contribution in [2.24, 2.45) is 5.92 Å². The van der Waals surface area contributed by atoms with Crippen LogP contribution in [0.2, 0.25) is 0 Å². The van der Waals surface area contributed by atoms with Gasteiger partial charge in [0.2, 0.25) is 5.41 Å². The minimum atomic E-state index is -5.70. The molecule has 0 bridgehead atoms. The number of aromatic nitrogens is 4. The van der Waals surface area contributed by atoms with Crippen molar-refractivity contribution in [2.75, 3.05) is 0 Å². The number of allylic oxidation sites excluding steroid dienone is 4. The maximum atomic E-state index is 15.2. The number of pyridine rings is 2. The Kier molecular flexibility index (Phi) is 6.60. The third-order valence-electron chi connectivity index (χ3n) is 9.58. The zero-order chi connectivity index (χ0) is 33.4. The van der Waals surface area contributed by atoms with Crippen LogP contribution in [0.15, 0.2) is 134 Å². The molecule has 4 heterocycles. The molecule has 1 aliphatic rings. The van der Waals surface area contributed by atoms with E-state index in [1.54, 1.807) is 43.8 Å². The van der Waals surface area contributed by atoms with Gasteiger partial charge < -0.3 is 9.13 Å². The van der Waals surface area contributed by atoms with Crippen LogP contribution in [-0.4, -0.2) is 31.5 Å². The Balaban J connectivity index is 1.27. The van der Waals surface area contributed by atoms with Crippen LogP contribution in [0.5, 0.6) is 0 Å². The molecular formula is C38H26F6N4. The van der Waals surface area contributed by atoms with Crippen LogP contribution < -0.4 is 0 Å². The summed E-state index contributed by atoms with van der Waals surface area (Å²) in [5, 5.41) is 3.43. The number of hydrogen-bond donors (Lipinski definition) is 0. The highest BCUT2D eigenvalue weighted by atomic mass is 19.4. The molecule has 0 aliphatic heterocycles. The minimum Gasteiger partial charge on any atom is -0.333 e. The second-order valence-electron chi connectivity index (χ2n) is 12.1. The van der Waals surface area contributed by atoms with Gasteiger partial charge in [-0.3, -0.25) is 9.97 Å². The van der Waals surface area contributed by atoms with Gasteiger partial charge in [0, 0.05) is 57.5 Å². The molecule has 4 nitrogen and oxygen atoms in total. The lowest BCUT2D eigenvalue weighted by Crippen LogP contribution is -2.55. The van der Waals surface area contributed by atoms with Crippen molar-refractivity contribution in [1.82, 2.24) is 19.1 Å². The van der Waals surface area contributed by atoms with Gasteiger partial charge in [0.1, 0.15) is 0 Å². The number of hydrogen-bond acceptors (Lipinski definition) is 2. The van der Waals surface area contributed by atoms with Gasteiger partial charge in [0.15, 0.2) is 0 Å². The number of halogens is 6. The number of rotatable bonds is 4. The molecule has 0 N–H and O–H groups in total. The molecule has 10 heteroatoms. The summed E-state index contributed by atoms with van der Waals surface area (Å²) in [5.74, 6) is -0.716. The highest BCUT2D eigenvalue weighted by Gasteiger charge is 2.73. The fourth-order valence-corrected chi connectivity index (χ4v) is 7.49. The summed E-state index contributed by atoms with van der Waals surface area (Å²) in [6, 6.07) is 22.5. The lowest BCUT2D eigenvalue weighted by Gasteiger charge is -2.41. The second kappa shape index (κ2) is 10.6. The quantitative estimate of drug-likeness (QED) is 0.177. The first kappa shape index (κ1) is 30.0. The molecule has 4 aromatic heterocycles. The smallest absolute Gasteiger partial charge is 0.333 e.